The van der Waals surface area contributed by atoms with Crippen molar-refractivity contribution in [1.82, 2.24) is 20.2 Å². The Balaban J connectivity index is 1.76. The fourth-order valence-electron chi connectivity index (χ4n) is 3.92. The minimum atomic E-state index is 0.223. The lowest BCUT2D eigenvalue weighted by Gasteiger charge is -2.34. The second-order valence-electron chi connectivity index (χ2n) is 7.41. The summed E-state index contributed by atoms with van der Waals surface area (Å²) in [7, 11) is 0. The molecule has 4 aromatic rings. The fourth-order valence-corrected chi connectivity index (χ4v) is 3.92. The van der Waals surface area contributed by atoms with Gasteiger partial charge in [-0.05, 0) is 36.2 Å². The van der Waals surface area contributed by atoms with Crippen LogP contribution in [-0.2, 0) is 4.74 Å². The van der Waals surface area contributed by atoms with E-state index in [0.717, 1.165) is 52.1 Å². The number of nitrogens with zero attached hydrogens (tertiary/aromatic N) is 4. The van der Waals surface area contributed by atoms with E-state index in [2.05, 4.69) is 33.1 Å². The molecule has 0 radical (unpaired) electrons. The van der Waals surface area contributed by atoms with Gasteiger partial charge < -0.3 is 9.64 Å². The third-order valence-electron chi connectivity index (χ3n) is 5.49. The van der Waals surface area contributed by atoms with Crippen molar-refractivity contribution in [2.24, 2.45) is 0 Å². The van der Waals surface area contributed by atoms with Gasteiger partial charge in [0.2, 0.25) is 0 Å². The highest BCUT2D eigenvalue weighted by atomic mass is 16.5. The maximum atomic E-state index is 11.1. The zero-order valence-electron chi connectivity index (χ0n) is 16.6. The number of aldehydes is 1. The second kappa shape index (κ2) is 7.68. The Labute approximate surface area is 173 Å². The Morgan fingerprint density at radius 1 is 1.17 bits per heavy atom. The summed E-state index contributed by atoms with van der Waals surface area (Å²) in [5.74, 6) is 0.890. The number of pyridine rings is 2. The summed E-state index contributed by atoms with van der Waals surface area (Å²) in [6.45, 7) is 4.27. The van der Waals surface area contributed by atoms with E-state index >= 15 is 0 Å². The molecular formula is C23H21N5O2. The molecule has 1 N–H and O–H groups in total. The zero-order chi connectivity index (χ0) is 20.5. The van der Waals surface area contributed by atoms with Crippen LogP contribution in [0.25, 0.3) is 33.4 Å². The number of aromatic nitrogens is 4. The molecule has 1 atom stereocenters. The predicted molar refractivity (Wildman–Crippen MR) is 116 cm³/mol. The Bertz CT molecular complexity index is 1190. The summed E-state index contributed by atoms with van der Waals surface area (Å²) < 4.78 is 5.62. The lowest BCUT2D eigenvalue weighted by atomic mass is 9.99. The third-order valence-corrected chi connectivity index (χ3v) is 5.49. The topological polar surface area (TPSA) is 84.0 Å². The first-order chi connectivity index (χ1) is 14.7. The van der Waals surface area contributed by atoms with Gasteiger partial charge in [-0.25, -0.2) is 4.98 Å². The molecule has 0 aliphatic carbocycles. The van der Waals surface area contributed by atoms with E-state index in [1.54, 1.807) is 12.4 Å². The van der Waals surface area contributed by atoms with E-state index in [4.69, 9.17) is 9.72 Å². The zero-order valence-corrected chi connectivity index (χ0v) is 16.6. The highest BCUT2D eigenvalue weighted by Crippen LogP contribution is 2.35. The first-order valence-electron chi connectivity index (χ1n) is 9.94. The van der Waals surface area contributed by atoms with Gasteiger partial charge in [-0.1, -0.05) is 24.3 Å². The van der Waals surface area contributed by atoms with E-state index in [1.807, 2.05) is 36.4 Å². The number of anilines is 1. The third kappa shape index (κ3) is 3.23. The standard InChI is InChI=1S/C23H21N5O2/c1-15-14-30-11-10-28(15)21-12-19(17-4-2-16(13-29)3-5-17)18-6-8-24-23(22(18)26-21)20-7-9-25-27-20/h2-9,12-13,15H,10-11,14H2,1H3,(H,25,27)/t15-/m1/s1. The number of aromatic amines is 1. The van der Waals surface area contributed by atoms with Gasteiger partial charge in [0.25, 0.3) is 0 Å². The molecule has 0 amide bonds. The van der Waals surface area contributed by atoms with Gasteiger partial charge in [0, 0.05) is 29.9 Å². The molecule has 5 rings (SSSR count). The smallest absolute Gasteiger partial charge is 0.150 e. The van der Waals surface area contributed by atoms with E-state index in [0.29, 0.717) is 18.8 Å². The average Bonchev–Trinajstić information content (AvgIpc) is 3.33. The molecule has 1 aliphatic heterocycles. The number of hydrogen-bond donors (Lipinski definition) is 1. The van der Waals surface area contributed by atoms with Crippen molar-refractivity contribution in [3.8, 4) is 22.5 Å². The Kier molecular flexibility index (Phi) is 4.72. The van der Waals surface area contributed by atoms with Crippen LogP contribution < -0.4 is 4.90 Å². The first kappa shape index (κ1) is 18.4. The van der Waals surface area contributed by atoms with Crippen molar-refractivity contribution in [3.63, 3.8) is 0 Å². The van der Waals surface area contributed by atoms with Crippen molar-refractivity contribution in [2.75, 3.05) is 24.7 Å². The number of ether oxygens (including phenoxy) is 1. The maximum Gasteiger partial charge on any atom is 0.150 e. The highest BCUT2D eigenvalue weighted by molar-refractivity contribution is 6.01. The van der Waals surface area contributed by atoms with Gasteiger partial charge in [-0.15, -0.1) is 0 Å². The van der Waals surface area contributed by atoms with Crippen LogP contribution in [0, 0.1) is 0 Å². The molecule has 4 heterocycles. The lowest BCUT2D eigenvalue weighted by molar-refractivity contribution is 0.0986. The minimum absolute atomic E-state index is 0.223. The van der Waals surface area contributed by atoms with Crippen LogP contribution in [-0.4, -0.2) is 52.3 Å². The number of carbonyl (C=O) groups excluding carboxylic acids is 1. The van der Waals surface area contributed by atoms with Gasteiger partial charge >= 0.3 is 0 Å². The van der Waals surface area contributed by atoms with Crippen molar-refractivity contribution < 1.29 is 9.53 Å². The van der Waals surface area contributed by atoms with Gasteiger partial charge in [0.1, 0.15) is 23.3 Å². The Hall–Kier alpha value is -3.58. The largest absolute Gasteiger partial charge is 0.377 e. The van der Waals surface area contributed by atoms with Gasteiger partial charge in [-0.3, -0.25) is 14.9 Å². The van der Waals surface area contributed by atoms with Crippen LogP contribution in [0.2, 0.25) is 0 Å². The number of morpholine rings is 1. The number of fused-ring (bicyclic) bond motifs is 1. The molecule has 0 saturated carbocycles. The summed E-state index contributed by atoms with van der Waals surface area (Å²) in [4.78, 5) is 23.0. The normalized spacial score (nSPS) is 16.7. The van der Waals surface area contributed by atoms with Crippen LogP contribution in [0.5, 0.6) is 0 Å². The Morgan fingerprint density at radius 3 is 2.77 bits per heavy atom. The molecule has 7 nitrogen and oxygen atoms in total. The quantitative estimate of drug-likeness (QED) is 0.527. The summed E-state index contributed by atoms with van der Waals surface area (Å²) in [5.41, 5.74) is 5.12. The number of carbonyl (C=O) groups is 1. The maximum absolute atomic E-state index is 11.1. The number of rotatable bonds is 4. The molecule has 3 aromatic heterocycles. The monoisotopic (exact) mass is 399 g/mol. The van der Waals surface area contributed by atoms with Gasteiger partial charge in [0.15, 0.2) is 0 Å². The molecule has 1 fully saturated rings. The van der Waals surface area contributed by atoms with Gasteiger partial charge in [0.05, 0.1) is 24.9 Å². The number of hydrogen-bond acceptors (Lipinski definition) is 6. The highest BCUT2D eigenvalue weighted by Gasteiger charge is 2.23. The lowest BCUT2D eigenvalue weighted by Crippen LogP contribution is -2.44. The molecule has 0 bridgehead atoms. The molecular weight excluding hydrogens is 378 g/mol. The summed E-state index contributed by atoms with van der Waals surface area (Å²) >= 11 is 0. The second-order valence-corrected chi connectivity index (χ2v) is 7.41. The van der Waals surface area contributed by atoms with Crippen molar-refractivity contribution >= 4 is 23.0 Å². The number of H-pyrrole nitrogens is 1. The predicted octanol–water partition coefficient (Wildman–Crippen LogP) is 3.72. The molecule has 1 aromatic carbocycles. The van der Waals surface area contributed by atoms with Crippen molar-refractivity contribution in [1.29, 1.82) is 0 Å². The van der Waals surface area contributed by atoms with Crippen LogP contribution >= 0.6 is 0 Å². The first-order valence-corrected chi connectivity index (χ1v) is 9.94. The van der Waals surface area contributed by atoms with Crippen LogP contribution in [0.1, 0.15) is 17.3 Å². The summed E-state index contributed by atoms with van der Waals surface area (Å²) in [6, 6.07) is 13.8. The van der Waals surface area contributed by atoms with Crippen molar-refractivity contribution in [3.05, 3.63) is 60.4 Å². The minimum Gasteiger partial charge on any atom is -0.377 e. The average molecular weight is 399 g/mol. The van der Waals surface area contributed by atoms with Crippen LogP contribution in [0.4, 0.5) is 5.82 Å². The molecule has 1 saturated heterocycles. The summed E-state index contributed by atoms with van der Waals surface area (Å²) in [6.07, 6.45) is 4.36. The van der Waals surface area contributed by atoms with E-state index < -0.39 is 0 Å². The number of benzene rings is 1. The van der Waals surface area contributed by atoms with E-state index in [1.165, 1.54) is 0 Å². The van der Waals surface area contributed by atoms with E-state index in [-0.39, 0.29) is 6.04 Å². The molecule has 30 heavy (non-hydrogen) atoms. The van der Waals surface area contributed by atoms with Crippen LogP contribution in [0.3, 0.4) is 0 Å². The SMILES string of the molecule is C[C@@H]1COCCN1c1cc(-c2ccc(C=O)cc2)c2ccnc(-c3ccn[nH]3)c2n1. The molecule has 7 heteroatoms. The molecule has 0 spiro atoms. The molecule has 0 unspecified atom stereocenters. The number of nitrogens with one attached hydrogen (secondary N) is 1. The molecule has 1 aliphatic rings. The van der Waals surface area contributed by atoms with E-state index in [9.17, 15) is 4.79 Å². The fraction of sp³-hybridized carbons (Fsp3) is 0.217. The van der Waals surface area contributed by atoms with Crippen LogP contribution in [0.15, 0.2) is 54.9 Å². The summed E-state index contributed by atoms with van der Waals surface area (Å²) in [5, 5.41) is 8.08. The molecule has 150 valence electrons. The van der Waals surface area contributed by atoms with Gasteiger partial charge in [-0.2, -0.15) is 5.10 Å². The Morgan fingerprint density at radius 2 is 2.03 bits per heavy atom. The van der Waals surface area contributed by atoms with Crippen molar-refractivity contribution in [2.45, 2.75) is 13.0 Å².